The standard InChI is InChI=1S/C15H28N2O2/c1-2-11-19-14-6-4-9-17(10-7-14)15(18)12-13-5-3-8-16-13/h13-14,16H,2-12H2,1H3. The van der Waals surface area contributed by atoms with Crippen LogP contribution in [0, 0.1) is 0 Å². The Balaban J connectivity index is 1.73. The van der Waals surface area contributed by atoms with E-state index in [0.717, 1.165) is 58.3 Å². The van der Waals surface area contributed by atoms with Crippen LogP contribution in [-0.4, -0.2) is 49.2 Å². The summed E-state index contributed by atoms with van der Waals surface area (Å²) >= 11 is 0. The van der Waals surface area contributed by atoms with Crippen molar-refractivity contribution in [3.05, 3.63) is 0 Å². The number of carbonyl (C=O) groups is 1. The van der Waals surface area contributed by atoms with E-state index in [9.17, 15) is 4.79 Å². The summed E-state index contributed by atoms with van der Waals surface area (Å²) in [6, 6.07) is 0.419. The Labute approximate surface area is 116 Å². The number of hydrogen-bond acceptors (Lipinski definition) is 3. The van der Waals surface area contributed by atoms with Crippen LogP contribution < -0.4 is 5.32 Å². The van der Waals surface area contributed by atoms with E-state index in [1.54, 1.807) is 0 Å². The van der Waals surface area contributed by atoms with E-state index in [1.165, 1.54) is 6.42 Å². The van der Waals surface area contributed by atoms with E-state index in [0.29, 0.717) is 24.5 Å². The highest BCUT2D eigenvalue weighted by Gasteiger charge is 2.24. The zero-order valence-corrected chi connectivity index (χ0v) is 12.2. The molecular weight excluding hydrogens is 240 g/mol. The molecule has 0 aliphatic carbocycles. The fourth-order valence-electron chi connectivity index (χ4n) is 3.04. The molecular formula is C15H28N2O2. The first-order valence-electron chi connectivity index (χ1n) is 7.92. The maximum atomic E-state index is 12.3. The molecule has 2 fully saturated rings. The highest BCUT2D eigenvalue weighted by atomic mass is 16.5. The number of nitrogens with one attached hydrogen (secondary N) is 1. The quantitative estimate of drug-likeness (QED) is 0.828. The van der Waals surface area contributed by atoms with Gasteiger partial charge in [0.15, 0.2) is 0 Å². The molecule has 0 spiro atoms. The molecule has 2 aliphatic heterocycles. The molecule has 110 valence electrons. The van der Waals surface area contributed by atoms with Crippen LogP contribution >= 0.6 is 0 Å². The Morgan fingerprint density at radius 2 is 2.16 bits per heavy atom. The van der Waals surface area contributed by atoms with Crippen molar-refractivity contribution in [2.75, 3.05) is 26.2 Å². The number of amides is 1. The minimum atomic E-state index is 0.329. The molecule has 4 nitrogen and oxygen atoms in total. The van der Waals surface area contributed by atoms with Gasteiger partial charge in [-0.05, 0) is 45.1 Å². The van der Waals surface area contributed by atoms with Crippen LogP contribution in [0.1, 0.15) is 51.9 Å². The largest absolute Gasteiger partial charge is 0.378 e. The monoisotopic (exact) mass is 268 g/mol. The molecule has 2 heterocycles. The predicted molar refractivity (Wildman–Crippen MR) is 76.1 cm³/mol. The number of likely N-dealkylation sites (tertiary alicyclic amines) is 1. The molecule has 1 N–H and O–H groups in total. The van der Waals surface area contributed by atoms with Crippen molar-refractivity contribution in [2.45, 2.75) is 64.0 Å². The molecule has 1 amide bonds. The van der Waals surface area contributed by atoms with Gasteiger partial charge in [0.25, 0.3) is 0 Å². The van der Waals surface area contributed by atoms with E-state index in [1.807, 2.05) is 0 Å². The van der Waals surface area contributed by atoms with Gasteiger partial charge in [0.2, 0.25) is 5.91 Å². The van der Waals surface area contributed by atoms with Crippen molar-refractivity contribution in [2.24, 2.45) is 0 Å². The van der Waals surface area contributed by atoms with Crippen molar-refractivity contribution in [3.8, 4) is 0 Å². The lowest BCUT2D eigenvalue weighted by atomic mass is 10.1. The van der Waals surface area contributed by atoms with Crippen LogP contribution in [0.15, 0.2) is 0 Å². The zero-order chi connectivity index (χ0) is 13.5. The van der Waals surface area contributed by atoms with E-state index in [2.05, 4.69) is 17.1 Å². The Bertz CT molecular complexity index is 277. The maximum absolute atomic E-state index is 12.3. The van der Waals surface area contributed by atoms with Crippen LogP contribution in [0.4, 0.5) is 0 Å². The van der Waals surface area contributed by atoms with Crippen LogP contribution in [0.5, 0.6) is 0 Å². The summed E-state index contributed by atoms with van der Waals surface area (Å²) in [7, 11) is 0. The molecule has 2 rings (SSSR count). The first-order chi connectivity index (χ1) is 9.29. The second-order valence-corrected chi connectivity index (χ2v) is 5.80. The van der Waals surface area contributed by atoms with Gasteiger partial charge in [-0.1, -0.05) is 6.92 Å². The van der Waals surface area contributed by atoms with Gasteiger partial charge in [0.1, 0.15) is 0 Å². The minimum Gasteiger partial charge on any atom is -0.378 e. The van der Waals surface area contributed by atoms with Crippen molar-refractivity contribution >= 4 is 5.91 Å². The second-order valence-electron chi connectivity index (χ2n) is 5.80. The molecule has 0 aromatic heterocycles. The molecule has 4 heteroatoms. The van der Waals surface area contributed by atoms with Crippen LogP contribution in [0.2, 0.25) is 0 Å². The molecule has 0 aromatic carbocycles. The lowest BCUT2D eigenvalue weighted by molar-refractivity contribution is -0.131. The van der Waals surface area contributed by atoms with Crippen LogP contribution in [0.3, 0.4) is 0 Å². The van der Waals surface area contributed by atoms with Gasteiger partial charge in [-0.2, -0.15) is 0 Å². The number of carbonyl (C=O) groups excluding carboxylic acids is 1. The molecule has 2 unspecified atom stereocenters. The Morgan fingerprint density at radius 1 is 1.26 bits per heavy atom. The van der Waals surface area contributed by atoms with Crippen molar-refractivity contribution in [3.63, 3.8) is 0 Å². The fraction of sp³-hybridized carbons (Fsp3) is 0.933. The van der Waals surface area contributed by atoms with Gasteiger partial charge < -0.3 is 15.0 Å². The summed E-state index contributed by atoms with van der Waals surface area (Å²) in [6.07, 6.45) is 7.68. The number of rotatable bonds is 5. The van der Waals surface area contributed by atoms with Crippen molar-refractivity contribution < 1.29 is 9.53 Å². The van der Waals surface area contributed by atoms with Gasteiger partial charge in [0, 0.05) is 32.2 Å². The third-order valence-corrected chi connectivity index (χ3v) is 4.17. The molecule has 0 bridgehead atoms. The first kappa shape index (κ1) is 14.8. The molecule has 0 radical (unpaired) electrons. The summed E-state index contributed by atoms with van der Waals surface area (Å²) in [5, 5.41) is 3.41. The lowest BCUT2D eigenvalue weighted by Gasteiger charge is -2.22. The van der Waals surface area contributed by atoms with Gasteiger partial charge in [0.05, 0.1) is 6.10 Å². The van der Waals surface area contributed by atoms with E-state index in [4.69, 9.17) is 4.74 Å². The summed E-state index contributed by atoms with van der Waals surface area (Å²) in [4.78, 5) is 14.3. The SMILES string of the molecule is CCCOC1CCCN(C(=O)CC2CCCN2)CC1. The molecule has 0 saturated carbocycles. The number of hydrogen-bond donors (Lipinski definition) is 1. The van der Waals surface area contributed by atoms with Gasteiger partial charge in [-0.25, -0.2) is 0 Å². The molecule has 2 saturated heterocycles. The third kappa shape index (κ3) is 4.77. The van der Waals surface area contributed by atoms with Crippen molar-refractivity contribution in [1.29, 1.82) is 0 Å². The van der Waals surface area contributed by atoms with Gasteiger partial charge in [-0.3, -0.25) is 4.79 Å². The second kappa shape index (κ2) is 7.85. The summed E-state index contributed by atoms with van der Waals surface area (Å²) in [5.74, 6) is 0.329. The Kier molecular flexibility index (Phi) is 6.11. The van der Waals surface area contributed by atoms with E-state index < -0.39 is 0 Å². The van der Waals surface area contributed by atoms with Crippen LogP contribution in [0.25, 0.3) is 0 Å². The van der Waals surface area contributed by atoms with Gasteiger partial charge >= 0.3 is 0 Å². The van der Waals surface area contributed by atoms with Crippen LogP contribution in [-0.2, 0) is 9.53 Å². The predicted octanol–water partition coefficient (Wildman–Crippen LogP) is 1.94. The van der Waals surface area contributed by atoms with E-state index in [-0.39, 0.29) is 0 Å². The molecule has 19 heavy (non-hydrogen) atoms. The Morgan fingerprint density at radius 3 is 2.89 bits per heavy atom. The summed E-state index contributed by atoms with van der Waals surface area (Å²) in [6.45, 7) is 5.86. The third-order valence-electron chi connectivity index (χ3n) is 4.17. The summed E-state index contributed by atoms with van der Waals surface area (Å²) in [5.41, 5.74) is 0. The normalized spacial score (nSPS) is 28.4. The lowest BCUT2D eigenvalue weighted by Crippen LogP contribution is -2.36. The average molecular weight is 268 g/mol. The van der Waals surface area contributed by atoms with E-state index >= 15 is 0 Å². The Hall–Kier alpha value is -0.610. The van der Waals surface area contributed by atoms with Gasteiger partial charge in [-0.15, -0.1) is 0 Å². The number of nitrogens with zero attached hydrogens (tertiary/aromatic N) is 1. The smallest absolute Gasteiger partial charge is 0.224 e. The molecule has 2 aliphatic rings. The number of ether oxygens (including phenoxy) is 1. The topological polar surface area (TPSA) is 41.6 Å². The highest BCUT2D eigenvalue weighted by molar-refractivity contribution is 5.76. The molecule has 0 aromatic rings. The fourth-order valence-corrected chi connectivity index (χ4v) is 3.04. The maximum Gasteiger partial charge on any atom is 0.224 e. The first-order valence-corrected chi connectivity index (χ1v) is 7.92. The minimum absolute atomic E-state index is 0.329. The average Bonchev–Trinajstić information content (AvgIpc) is 2.80. The zero-order valence-electron chi connectivity index (χ0n) is 12.2. The van der Waals surface area contributed by atoms with Crippen molar-refractivity contribution in [1.82, 2.24) is 10.2 Å². The molecule has 2 atom stereocenters. The highest BCUT2D eigenvalue weighted by Crippen LogP contribution is 2.17. The summed E-state index contributed by atoms with van der Waals surface area (Å²) < 4.78 is 5.82.